The van der Waals surface area contributed by atoms with Crippen LogP contribution in [0.4, 0.5) is 0 Å². The van der Waals surface area contributed by atoms with Crippen LogP contribution >= 0.6 is 23.2 Å². The standard InChI is InChI=1S/C24H22Cl2N2O/c1-29-15-22(16-6-3-2-4-7-16)19-9-5-8-17-12-28-18(10-20(17)19)11-21-23(25)13-27-14-24(21)26/h2-9,13-14,22H,10-12,15H2,1H3. The predicted octanol–water partition coefficient (Wildman–Crippen LogP) is 5.91. The molecule has 0 saturated carbocycles. The van der Waals surface area contributed by atoms with Crippen molar-refractivity contribution in [3.8, 4) is 0 Å². The monoisotopic (exact) mass is 424 g/mol. The highest BCUT2D eigenvalue weighted by atomic mass is 35.5. The molecule has 148 valence electrons. The lowest BCUT2D eigenvalue weighted by molar-refractivity contribution is 0.189. The highest BCUT2D eigenvalue weighted by Crippen LogP contribution is 2.33. The first-order valence-corrected chi connectivity index (χ1v) is 10.4. The summed E-state index contributed by atoms with van der Waals surface area (Å²) < 4.78 is 5.59. The Morgan fingerprint density at radius 2 is 1.76 bits per heavy atom. The van der Waals surface area contributed by atoms with Crippen molar-refractivity contribution in [2.75, 3.05) is 13.7 Å². The van der Waals surface area contributed by atoms with E-state index in [9.17, 15) is 0 Å². The molecule has 0 saturated heterocycles. The zero-order valence-electron chi connectivity index (χ0n) is 16.2. The first-order chi connectivity index (χ1) is 14.2. The van der Waals surface area contributed by atoms with E-state index in [1.165, 1.54) is 22.3 Å². The van der Waals surface area contributed by atoms with Crippen molar-refractivity contribution in [2.24, 2.45) is 4.99 Å². The number of aliphatic imine (C=N–C) groups is 1. The SMILES string of the molecule is COCC(c1ccccc1)c1cccc2c1CC(Cc1c(Cl)cncc1Cl)=NC2. The Morgan fingerprint density at radius 1 is 1.00 bits per heavy atom. The lowest BCUT2D eigenvalue weighted by Gasteiger charge is -2.25. The number of rotatable bonds is 6. The molecule has 1 aliphatic heterocycles. The van der Waals surface area contributed by atoms with Crippen LogP contribution in [0.5, 0.6) is 0 Å². The van der Waals surface area contributed by atoms with E-state index < -0.39 is 0 Å². The number of hydrogen-bond donors (Lipinski definition) is 0. The normalized spacial score (nSPS) is 14.2. The van der Waals surface area contributed by atoms with Crippen LogP contribution in [-0.2, 0) is 24.1 Å². The van der Waals surface area contributed by atoms with Gasteiger partial charge in [0.15, 0.2) is 0 Å². The summed E-state index contributed by atoms with van der Waals surface area (Å²) >= 11 is 12.7. The zero-order chi connectivity index (χ0) is 20.2. The topological polar surface area (TPSA) is 34.5 Å². The number of ether oxygens (including phenoxy) is 1. The highest BCUT2D eigenvalue weighted by Gasteiger charge is 2.23. The molecule has 4 rings (SSSR count). The van der Waals surface area contributed by atoms with Crippen molar-refractivity contribution in [1.82, 2.24) is 4.98 Å². The summed E-state index contributed by atoms with van der Waals surface area (Å²) in [7, 11) is 1.76. The number of methoxy groups -OCH3 is 1. The number of hydrogen-bond acceptors (Lipinski definition) is 3. The first-order valence-electron chi connectivity index (χ1n) is 9.62. The molecule has 0 fully saturated rings. The average Bonchev–Trinajstić information content (AvgIpc) is 2.75. The van der Waals surface area contributed by atoms with Crippen molar-refractivity contribution in [2.45, 2.75) is 25.3 Å². The molecular formula is C24H22Cl2N2O. The molecule has 0 N–H and O–H groups in total. The molecule has 2 aromatic carbocycles. The number of fused-ring (bicyclic) bond motifs is 1. The highest BCUT2D eigenvalue weighted by molar-refractivity contribution is 6.36. The Bertz CT molecular complexity index is 1010. The summed E-state index contributed by atoms with van der Waals surface area (Å²) in [4.78, 5) is 8.86. The van der Waals surface area contributed by atoms with Crippen LogP contribution < -0.4 is 0 Å². The van der Waals surface area contributed by atoms with Gasteiger partial charge >= 0.3 is 0 Å². The summed E-state index contributed by atoms with van der Waals surface area (Å²) in [6.07, 6.45) is 4.69. The third-order valence-corrected chi connectivity index (χ3v) is 6.06. The third-order valence-electron chi connectivity index (χ3n) is 5.41. The summed E-state index contributed by atoms with van der Waals surface area (Å²) in [5, 5.41) is 1.17. The quantitative estimate of drug-likeness (QED) is 0.492. The van der Waals surface area contributed by atoms with Crippen molar-refractivity contribution < 1.29 is 4.74 Å². The molecule has 1 aromatic heterocycles. The van der Waals surface area contributed by atoms with Gasteiger partial charge in [0.2, 0.25) is 0 Å². The van der Waals surface area contributed by atoms with E-state index in [0.717, 1.165) is 17.7 Å². The van der Waals surface area contributed by atoms with Crippen molar-refractivity contribution in [3.05, 3.63) is 98.8 Å². The molecular weight excluding hydrogens is 403 g/mol. The van der Waals surface area contributed by atoms with Crippen molar-refractivity contribution in [1.29, 1.82) is 0 Å². The van der Waals surface area contributed by atoms with Gasteiger partial charge in [-0.1, -0.05) is 71.7 Å². The smallest absolute Gasteiger partial charge is 0.0642 e. The molecule has 0 amide bonds. The van der Waals surface area contributed by atoms with Gasteiger partial charge in [0.1, 0.15) is 0 Å². The number of aromatic nitrogens is 1. The number of benzene rings is 2. The minimum absolute atomic E-state index is 0.184. The predicted molar refractivity (Wildman–Crippen MR) is 119 cm³/mol. The van der Waals surface area contributed by atoms with Crippen LogP contribution in [0.1, 0.15) is 33.7 Å². The number of nitrogens with zero attached hydrogens (tertiary/aromatic N) is 2. The zero-order valence-corrected chi connectivity index (χ0v) is 17.7. The molecule has 3 aromatic rings. The molecule has 29 heavy (non-hydrogen) atoms. The largest absolute Gasteiger partial charge is 0.384 e. The Morgan fingerprint density at radius 3 is 2.48 bits per heavy atom. The van der Waals surface area contributed by atoms with Crippen molar-refractivity contribution in [3.63, 3.8) is 0 Å². The van der Waals surface area contributed by atoms with Gasteiger partial charge in [-0.25, -0.2) is 0 Å². The van der Waals surface area contributed by atoms with E-state index in [1.807, 2.05) is 6.07 Å². The summed E-state index contributed by atoms with van der Waals surface area (Å²) in [6.45, 7) is 1.31. The van der Waals surface area contributed by atoms with Gasteiger partial charge in [0, 0.05) is 44.0 Å². The van der Waals surface area contributed by atoms with Crippen LogP contribution in [0, 0.1) is 0 Å². The van der Waals surface area contributed by atoms with Gasteiger partial charge in [-0.05, 0) is 27.8 Å². The van der Waals surface area contributed by atoms with Crippen LogP contribution in [0.3, 0.4) is 0 Å². The lowest BCUT2D eigenvalue weighted by atomic mass is 9.83. The van der Waals surface area contributed by atoms with E-state index in [1.54, 1.807) is 19.5 Å². The van der Waals surface area contributed by atoms with E-state index >= 15 is 0 Å². The maximum absolute atomic E-state index is 6.33. The molecule has 0 spiro atoms. The van der Waals surface area contributed by atoms with Gasteiger partial charge in [-0.2, -0.15) is 0 Å². The summed E-state index contributed by atoms with van der Waals surface area (Å²) in [5.74, 6) is 0.184. The van der Waals surface area contributed by atoms with Gasteiger partial charge < -0.3 is 4.74 Å². The molecule has 5 heteroatoms. The molecule has 1 atom stereocenters. The number of halogens is 2. The van der Waals surface area contributed by atoms with E-state index in [0.29, 0.717) is 29.6 Å². The van der Waals surface area contributed by atoms with E-state index in [-0.39, 0.29) is 5.92 Å². The Balaban J connectivity index is 1.67. The summed E-state index contributed by atoms with van der Waals surface area (Å²) in [6, 6.07) is 17.0. The average molecular weight is 425 g/mol. The molecule has 2 heterocycles. The van der Waals surface area contributed by atoms with E-state index in [2.05, 4.69) is 47.4 Å². The lowest BCUT2D eigenvalue weighted by Crippen LogP contribution is -2.19. The van der Waals surface area contributed by atoms with Gasteiger partial charge in [0.05, 0.1) is 23.2 Å². The maximum Gasteiger partial charge on any atom is 0.0642 e. The molecule has 1 aliphatic rings. The fourth-order valence-corrected chi connectivity index (χ4v) is 4.45. The Labute approximate surface area is 181 Å². The molecule has 0 bridgehead atoms. The third kappa shape index (κ3) is 4.37. The fraction of sp³-hybridized carbons (Fsp3) is 0.250. The van der Waals surface area contributed by atoms with Crippen LogP contribution in [0.15, 0.2) is 65.9 Å². The Kier molecular flexibility index (Phi) is 6.29. The first kappa shape index (κ1) is 20.1. The van der Waals surface area contributed by atoms with E-state index in [4.69, 9.17) is 32.9 Å². The molecule has 0 aliphatic carbocycles. The second-order valence-corrected chi connectivity index (χ2v) is 8.04. The maximum atomic E-state index is 6.33. The van der Waals surface area contributed by atoms with Gasteiger partial charge in [-0.15, -0.1) is 0 Å². The molecule has 0 radical (unpaired) electrons. The van der Waals surface area contributed by atoms with Gasteiger partial charge in [0.25, 0.3) is 0 Å². The Hall–Kier alpha value is -2.20. The van der Waals surface area contributed by atoms with Crippen LogP contribution in [-0.4, -0.2) is 24.4 Å². The summed E-state index contributed by atoms with van der Waals surface area (Å²) in [5.41, 5.74) is 7.14. The minimum atomic E-state index is 0.184. The number of pyridine rings is 1. The van der Waals surface area contributed by atoms with Crippen LogP contribution in [0.25, 0.3) is 0 Å². The fourth-order valence-electron chi connectivity index (χ4n) is 3.95. The second-order valence-electron chi connectivity index (χ2n) is 7.22. The van der Waals surface area contributed by atoms with Crippen LogP contribution in [0.2, 0.25) is 10.0 Å². The van der Waals surface area contributed by atoms with Gasteiger partial charge in [-0.3, -0.25) is 9.98 Å². The molecule has 3 nitrogen and oxygen atoms in total. The second kappa shape index (κ2) is 9.08. The minimum Gasteiger partial charge on any atom is -0.384 e. The molecule has 1 unspecified atom stereocenters. The van der Waals surface area contributed by atoms with Crippen molar-refractivity contribution >= 4 is 28.9 Å².